The number of hydrogen-bond acceptors (Lipinski definition) is 2. The van der Waals surface area contributed by atoms with Gasteiger partial charge in [0.25, 0.3) is 0 Å². The molecular weight excluding hydrogens is 296 g/mol. The van der Waals surface area contributed by atoms with E-state index in [2.05, 4.69) is 22.0 Å². The summed E-state index contributed by atoms with van der Waals surface area (Å²) in [6, 6.07) is 10.9. The van der Waals surface area contributed by atoms with Gasteiger partial charge in [-0.2, -0.15) is 5.26 Å². The highest BCUT2D eigenvalue weighted by Gasteiger charge is 2.10. The maximum absolute atomic E-state index is 10.9. The number of carbonyl (C=O) groups is 1. The topological polar surface area (TPSA) is 66.0 Å². The molecule has 2 aromatic rings. The summed E-state index contributed by atoms with van der Waals surface area (Å²) in [6.07, 6.45) is 1.54. The second-order valence-corrected chi connectivity index (χ2v) is 4.57. The molecular formula is C13H9BrN2O2. The number of rotatable bonds is 3. The quantitative estimate of drug-likeness (QED) is 0.948. The molecule has 0 aliphatic carbocycles. The lowest BCUT2D eigenvalue weighted by Gasteiger charge is -2.06. The van der Waals surface area contributed by atoms with Crippen LogP contribution >= 0.6 is 15.9 Å². The van der Waals surface area contributed by atoms with Crippen LogP contribution in [0.15, 0.2) is 41.1 Å². The molecule has 1 aromatic heterocycles. The Hall–Kier alpha value is -2.06. The number of benzene rings is 1. The van der Waals surface area contributed by atoms with Crippen LogP contribution in [0.2, 0.25) is 0 Å². The van der Waals surface area contributed by atoms with E-state index in [1.807, 2.05) is 12.1 Å². The number of halogens is 1. The first-order valence-corrected chi connectivity index (χ1v) is 5.98. The Bertz CT molecular complexity index is 641. The SMILES string of the molecule is N#Cc1ccccc1Cn1cc(C(=O)O)cc1Br. The Morgan fingerprint density at radius 3 is 2.78 bits per heavy atom. The van der Waals surface area contributed by atoms with E-state index in [-0.39, 0.29) is 5.56 Å². The zero-order chi connectivity index (χ0) is 13.1. The van der Waals surface area contributed by atoms with Gasteiger partial charge in [-0.25, -0.2) is 4.79 Å². The van der Waals surface area contributed by atoms with Gasteiger partial charge in [0.1, 0.15) is 0 Å². The predicted molar refractivity (Wildman–Crippen MR) is 69.4 cm³/mol. The minimum Gasteiger partial charge on any atom is -0.478 e. The molecule has 0 atom stereocenters. The van der Waals surface area contributed by atoms with E-state index in [1.54, 1.807) is 22.9 Å². The average molecular weight is 305 g/mol. The van der Waals surface area contributed by atoms with Gasteiger partial charge in [-0.15, -0.1) is 0 Å². The fraction of sp³-hybridized carbons (Fsp3) is 0.0769. The van der Waals surface area contributed by atoms with E-state index in [4.69, 9.17) is 10.4 Å². The number of nitrogens with zero attached hydrogens (tertiary/aromatic N) is 2. The molecule has 1 heterocycles. The minimum absolute atomic E-state index is 0.219. The molecule has 0 aliphatic heterocycles. The van der Waals surface area contributed by atoms with Gasteiger partial charge >= 0.3 is 5.97 Å². The van der Waals surface area contributed by atoms with Crippen LogP contribution in [0.3, 0.4) is 0 Å². The van der Waals surface area contributed by atoms with Crippen molar-refractivity contribution in [3.63, 3.8) is 0 Å². The summed E-state index contributed by atoms with van der Waals surface area (Å²) in [5.41, 5.74) is 1.67. The largest absolute Gasteiger partial charge is 0.478 e. The minimum atomic E-state index is -0.969. The monoisotopic (exact) mass is 304 g/mol. The van der Waals surface area contributed by atoms with Gasteiger partial charge in [-0.05, 0) is 33.6 Å². The van der Waals surface area contributed by atoms with Crippen molar-refractivity contribution in [3.05, 3.63) is 57.8 Å². The van der Waals surface area contributed by atoms with Crippen LogP contribution in [0.25, 0.3) is 0 Å². The Labute approximate surface area is 112 Å². The zero-order valence-electron chi connectivity index (χ0n) is 9.30. The maximum Gasteiger partial charge on any atom is 0.337 e. The summed E-state index contributed by atoms with van der Waals surface area (Å²) in [7, 11) is 0. The Morgan fingerprint density at radius 2 is 2.17 bits per heavy atom. The number of aromatic nitrogens is 1. The molecule has 2 rings (SSSR count). The van der Waals surface area contributed by atoms with Crippen molar-refractivity contribution in [3.8, 4) is 6.07 Å². The molecule has 0 aliphatic rings. The number of carboxylic acid groups (broad SMARTS) is 1. The Balaban J connectivity index is 2.35. The van der Waals surface area contributed by atoms with Crippen LogP contribution in [-0.2, 0) is 6.54 Å². The predicted octanol–water partition coefficient (Wildman–Crippen LogP) is 2.87. The van der Waals surface area contributed by atoms with Gasteiger partial charge < -0.3 is 9.67 Å². The van der Waals surface area contributed by atoms with Crippen molar-refractivity contribution in [2.24, 2.45) is 0 Å². The maximum atomic E-state index is 10.9. The van der Waals surface area contributed by atoms with Crippen LogP contribution in [0.1, 0.15) is 21.5 Å². The van der Waals surface area contributed by atoms with Crippen LogP contribution in [-0.4, -0.2) is 15.6 Å². The Kier molecular flexibility index (Phi) is 3.49. The summed E-state index contributed by atoms with van der Waals surface area (Å²) in [6.45, 7) is 0.456. The van der Waals surface area contributed by atoms with Crippen molar-refractivity contribution in [1.29, 1.82) is 5.26 Å². The standard InChI is InChI=1S/C13H9BrN2O2/c14-12-5-11(13(17)18)8-16(12)7-10-4-2-1-3-9(10)6-15/h1-5,8H,7H2,(H,17,18). The lowest BCUT2D eigenvalue weighted by atomic mass is 10.1. The van der Waals surface area contributed by atoms with Crippen molar-refractivity contribution in [1.82, 2.24) is 4.57 Å². The molecule has 0 saturated heterocycles. The normalized spacial score (nSPS) is 10.0. The summed E-state index contributed by atoms with van der Waals surface area (Å²) in [4.78, 5) is 10.9. The number of nitriles is 1. The number of aromatic carboxylic acids is 1. The smallest absolute Gasteiger partial charge is 0.337 e. The second kappa shape index (κ2) is 5.07. The van der Waals surface area contributed by atoms with E-state index in [1.165, 1.54) is 6.07 Å². The second-order valence-electron chi connectivity index (χ2n) is 3.75. The zero-order valence-corrected chi connectivity index (χ0v) is 10.9. The fourth-order valence-electron chi connectivity index (χ4n) is 1.67. The molecule has 18 heavy (non-hydrogen) atoms. The third-order valence-electron chi connectivity index (χ3n) is 2.57. The molecule has 0 fully saturated rings. The lowest BCUT2D eigenvalue weighted by molar-refractivity contribution is 0.0697. The summed E-state index contributed by atoms with van der Waals surface area (Å²) in [5, 5.41) is 17.9. The van der Waals surface area contributed by atoms with Gasteiger partial charge in [0.15, 0.2) is 0 Å². The molecule has 4 nitrogen and oxygen atoms in total. The van der Waals surface area contributed by atoms with Crippen molar-refractivity contribution >= 4 is 21.9 Å². The van der Waals surface area contributed by atoms with Crippen molar-refractivity contribution in [2.45, 2.75) is 6.54 Å². The van der Waals surface area contributed by atoms with E-state index >= 15 is 0 Å². The van der Waals surface area contributed by atoms with Gasteiger partial charge in [0.05, 0.1) is 21.8 Å². The van der Waals surface area contributed by atoms with Crippen molar-refractivity contribution < 1.29 is 9.90 Å². The summed E-state index contributed by atoms with van der Waals surface area (Å²) in [5.74, 6) is -0.969. The third kappa shape index (κ3) is 2.44. The molecule has 0 radical (unpaired) electrons. The van der Waals surface area contributed by atoms with Crippen LogP contribution in [0.5, 0.6) is 0 Å². The molecule has 0 spiro atoms. The summed E-state index contributed by atoms with van der Waals surface area (Å²) < 4.78 is 2.42. The molecule has 1 N–H and O–H groups in total. The van der Waals surface area contributed by atoms with Gasteiger partial charge in [-0.3, -0.25) is 0 Å². The molecule has 0 amide bonds. The first-order chi connectivity index (χ1) is 8.61. The van der Waals surface area contributed by atoms with Crippen LogP contribution in [0.4, 0.5) is 0 Å². The lowest BCUT2D eigenvalue weighted by Crippen LogP contribution is -2.01. The van der Waals surface area contributed by atoms with E-state index in [0.29, 0.717) is 16.7 Å². The highest BCUT2D eigenvalue weighted by molar-refractivity contribution is 9.10. The van der Waals surface area contributed by atoms with E-state index in [0.717, 1.165) is 5.56 Å². The van der Waals surface area contributed by atoms with E-state index in [9.17, 15) is 4.79 Å². The van der Waals surface area contributed by atoms with E-state index < -0.39 is 5.97 Å². The first-order valence-electron chi connectivity index (χ1n) is 5.19. The Morgan fingerprint density at radius 1 is 1.44 bits per heavy atom. The highest BCUT2D eigenvalue weighted by Crippen LogP contribution is 2.18. The fourth-order valence-corrected chi connectivity index (χ4v) is 2.14. The van der Waals surface area contributed by atoms with Gasteiger partial charge in [0.2, 0.25) is 0 Å². The molecule has 5 heteroatoms. The first kappa shape index (κ1) is 12.4. The number of carboxylic acids is 1. The van der Waals surface area contributed by atoms with Crippen LogP contribution < -0.4 is 0 Å². The van der Waals surface area contributed by atoms with Gasteiger partial charge in [-0.1, -0.05) is 18.2 Å². The van der Waals surface area contributed by atoms with Crippen molar-refractivity contribution in [2.75, 3.05) is 0 Å². The molecule has 0 bridgehead atoms. The third-order valence-corrected chi connectivity index (χ3v) is 3.25. The molecule has 0 saturated carbocycles. The summed E-state index contributed by atoms with van der Waals surface area (Å²) >= 11 is 3.31. The van der Waals surface area contributed by atoms with Gasteiger partial charge in [0, 0.05) is 12.7 Å². The highest BCUT2D eigenvalue weighted by atomic mass is 79.9. The van der Waals surface area contributed by atoms with Crippen LogP contribution in [0, 0.1) is 11.3 Å². The number of hydrogen-bond donors (Lipinski definition) is 1. The molecule has 1 aromatic carbocycles. The molecule has 0 unspecified atom stereocenters. The molecule has 90 valence electrons. The average Bonchev–Trinajstić information content (AvgIpc) is 2.72.